The summed E-state index contributed by atoms with van der Waals surface area (Å²) in [5.41, 5.74) is 2.57. The maximum atomic E-state index is 5.65. The number of ether oxygens (including phenoxy) is 1. The first kappa shape index (κ1) is 12.0. The van der Waals surface area contributed by atoms with Crippen LogP contribution in [0.25, 0.3) is 0 Å². The highest BCUT2D eigenvalue weighted by Gasteiger charge is 2.22. The second-order valence-corrected chi connectivity index (χ2v) is 5.65. The molecule has 92 valence electrons. The van der Waals surface area contributed by atoms with Crippen LogP contribution in [0.15, 0.2) is 48.5 Å². The number of fused-ring (bicyclic) bond motifs is 1. The summed E-state index contributed by atoms with van der Waals surface area (Å²) in [5.74, 6) is 1.01. The fourth-order valence-corrected chi connectivity index (χ4v) is 2.53. The van der Waals surface area contributed by atoms with Crippen molar-refractivity contribution in [1.82, 2.24) is 5.32 Å². The smallest absolute Gasteiger partial charge is 0.124 e. The molecule has 0 fully saturated rings. The molecule has 2 aromatic rings. The molecule has 3 heteroatoms. The number of benzene rings is 2. The van der Waals surface area contributed by atoms with Crippen molar-refractivity contribution < 1.29 is 4.74 Å². The summed E-state index contributed by atoms with van der Waals surface area (Å²) in [4.78, 5) is 0. The highest BCUT2D eigenvalue weighted by atomic mass is 127. The predicted octanol–water partition coefficient (Wildman–Crippen LogP) is 3.51. The van der Waals surface area contributed by atoms with Crippen LogP contribution in [0, 0.1) is 3.57 Å². The van der Waals surface area contributed by atoms with Gasteiger partial charge in [0.2, 0.25) is 0 Å². The molecule has 0 spiro atoms. The predicted molar refractivity (Wildman–Crippen MR) is 80.7 cm³/mol. The Bertz CT molecular complexity index is 538. The van der Waals surface area contributed by atoms with Crippen LogP contribution in [-0.4, -0.2) is 6.61 Å². The molecule has 0 bridgehead atoms. The molecule has 1 atom stereocenters. The zero-order valence-electron chi connectivity index (χ0n) is 9.90. The van der Waals surface area contributed by atoms with Crippen LogP contribution in [0.4, 0.5) is 0 Å². The van der Waals surface area contributed by atoms with Crippen LogP contribution < -0.4 is 10.1 Å². The van der Waals surface area contributed by atoms with Gasteiger partial charge in [0, 0.05) is 15.7 Å². The third-order valence-corrected chi connectivity index (χ3v) is 3.88. The lowest BCUT2D eigenvalue weighted by molar-refractivity contribution is 0.310. The van der Waals surface area contributed by atoms with Crippen molar-refractivity contribution >= 4 is 22.6 Å². The monoisotopic (exact) mass is 351 g/mol. The third-order valence-electron chi connectivity index (χ3n) is 3.17. The van der Waals surface area contributed by atoms with Crippen molar-refractivity contribution in [3.8, 4) is 5.75 Å². The minimum absolute atomic E-state index is 0.306. The van der Waals surface area contributed by atoms with E-state index in [1.807, 2.05) is 12.1 Å². The van der Waals surface area contributed by atoms with Gasteiger partial charge in [-0.25, -0.2) is 0 Å². The van der Waals surface area contributed by atoms with Gasteiger partial charge >= 0.3 is 0 Å². The first-order valence-electron chi connectivity index (χ1n) is 6.02. The highest BCUT2D eigenvalue weighted by molar-refractivity contribution is 14.1. The molecule has 0 radical (unpaired) electrons. The largest absolute Gasteiger partial charge is 0.491 e. The van der Waals surface area contributed by atoms with Gasteiger partial charge in [-0.15, -0.1) is 0 Å². The van der Waals surface area contributed by atoms with E-state index in [4.69, 9.17) is 4.74 Å². The molecular formula is C15H14INO. The van der Waals surface area contributed by atoms with Crippen molar-refractivity contribution in [2.45, 2.75) is 12.6 Å². The molecule has 2 nitrogen and oxygen atoms in total. The molecule has 0 saturated carbocycles. The molecule has 0 saturated heterocycles. The van der Waals surface area contributed by atoms with Gasteiger partial charge in [-0.05, 0) is 46.4 Å². The maximum absolute atomic E-state index is 5.65. The van der Waals surface area contributed by atoms with E-state index in [0.29, 0.717) is 6.04 Å². The van der Waals surface area contributed by atoms with Crippen molar-refractivity contribution in [3.63, 3.8) is 0 Å². The molecule has 0 amide bonds. The summed E-state index contributed by atoms with van der Waals surface area (Å²) in [7, 11) is 0. The summed E-state index contributed by atoms with van der Waals surface area (Å²) in [5, 5.41) is 3.55. The van der Waals surface area contributed by atoms with E-state index < -0.39 is 0 Å². The summed E-state index contributed by atoms with van der Waals surface area (Å²) >= 11 is 2.32. The molecule has 1 unspecified atom stereocenters. The Labute approximate surface area is 121 Å². The van der Waals surface area contributed by atoms with Gasteiger partial charge in [0.25, 0.3) is 0 Å². The first-order valence-corrected chi connectivity index (χ1v) is 7.10. The Morgan fingerprint density at radius 1 is 1.11 bits per heavy atom. The topological polar surface area (TPSA) is 21.3 Å². The molecule has 1 heterocycles. The van der Waals surface area contributed by atoms with Gasteiger partial charge in [0.15, 0.2) is 0 Å². The van der Waals surface area contributed by atoms with E-state index in [9.17, 15) is 0 Å². The van der Waals surface area contributed by atoms with Crippen molar-refractivity contribution in [1.29, 1.82) is 0 Å². The molecule has 0 aliphatic carbocycles. The molecule has 3 rings (SSSR count). The van der Waals surface area contributed by atoms with Crippen molar-refractivity contribution in [2.75, 3.05) is 6.61 Å². The zero-order valence-corrected chi connectivity index (χ0v) is 12.1. The number of nitrogens with one attached hydrogen (secondary N) is 1. The van der Waals surface area contributed by atoms with E-state index >= 15 is 0 Å². The molecule has 0 aromatic heterocycles. The Balaban J connectivity index is 1.67. The second-order valence-electron chi connectivity index (χ2n) is 4.41. The summed E-state index contributed by atoms with van der Waals surface area (Å²) in [6.07, 6.45) is 0. The van der Waals surface area contributed by atoms with Crippen molar-refractivity contribution in [3.05, 3.63) is 63.2 Å². The average Bonchev–Trinajstić information content (AvgIpc) is 2.82. The molecular weight excluding hydrogens is 337 g/mol. The summed E-state index contributed by atoms with van der Waals surface area (Å²) < 4.78 is 6.92. The maximum Gasteiger partial charge on any atom is 0.124 e. The van der Waals surface area contributed by atoms with Gasteiger partial charge in [0.05, 0.1) is 6.04 Å². The van der Waals surface area contributed by atoms with Crippen LogP contribution >= 0.6 is 22.6 Å². The molecule has 1 N–H and O–H groups in total. The molecule has 18 heavy (non-hydrogen) atoms. The highest BCUT2D eigenvalue weighted by Crippen LogP contribution is 2.31. The van der Waals surface area contributed by atoms with E-state index in [0.717, 1.165) is 18.9 Å². The molecule has 1 aliphatic rings. The normalized spacial score (nSPS) is 17.3. The summed E-state index contributed by atoms with van der Waals surface area (Å²) in [6.45, 7) is 1.60. The zero-order chi connectivity index (χ0) is 12.4. The number of rotatable bonds is 3. The lowest BCUT2D eigenvalue weighted by Gasteiger charge is -2.11. The quantitative estimate of drug-likeness (QED) is 0.855. The van der Waals surface area contributed by atoms with Gasteiger partial charge in [-0.2, -0.15) is 0 Å². The molecule has 2 aromatic carbocycles. The van der Waals surface area contributed by atoms with Gasteiger partial charge < -0.3 is 10.1 Å². The van der Waals surface area contributed by atoms with E-state index in [2.05, 4.69) is 64.3 Å². The number of hydrogen-bond acceptors (Lipinski definition) is 2. The van der Waals surface area contributed by atoms with Gasteiger partial charge in [-0.3, -0.25) is 0 Å². The average molecular weight is 351 g/mol. The fraction of sp³-hybridized carbons (Fsp3) is 0.200. The Hall–Kier alpha value is -1.07. The van der Waals surface area contributed by atoms with E-state index in [-0.39, 0.29) is 0 Å². The van der Waals surface area contributed by atoms with Crippen molar-refractivity contribution in [2.24, 2.45) is 0 Å². The molecule has 1 aliphatic heterocycles. The van der Waals surface area contributed by atoms with Crippen LogP contribution in [-0.2, 0) is 6.54 Å². The Morgan fingerprint density at radius 2 is 1.89 bits per heavy atom. The second kappa shape index (κ2) is 5.28. The lowest BCUT2D eigenvalue weighted by atomic mass is 10.1. The van der Waals surface area contributed by atoms with Gasteiger partial charge in [-0.1, -0.05) is 30.3 Å². The minimum atomic E-state index is 0.306. The van der Waals surface area contributed by atoms with Gasteiger partial charge in [0.1, 0.15) is 12.4 Å². The fourth-order valence-electron chi connectivity index (χ4n) is 2.17. The van der Waals surface area contributed by atoms with Crippen LogP contribution in [0.3, 0.4) is 0 Å². The van der Waals surface area contributed by atoms with E-state index in [1.165, 1.54) is 14.7 Å². The SMILES string of the molecule is Ic1ccc(CNC2COc3ccccc32)cc1. The van der Waals surface area contributed by atoms with Crippen LogP contribution in [0.1, 0.15) is 17.2 Å². The van der Waals surface area contributed by atoms with Crippen LogP contribution in [0.5, 0.6) is 5.75 Å². The first-order chi connectivity index (χ1) is 8.83. The number of hydrogen-bond donors (Lipinski definition) is 1. The number of halogens is 1. The van der Waals surface area contributed by atoms with Crippen LogP contribution in [0.2, 0.25) is 0 Å². The Morgan fingerprint density at radius 3 is 2.72 bits per heavy atom. The summed E-state index contributed by atoms with van der Waals surface area (Å²) in [6, 6.07) is 17.1. The lowest BCUT2D eigenvalue weighted by Crippen LogP contribution is -2.21. The Kier molecular flexibility index (Phi) is 3.52. The number of para-hydroxylation sites is 1. The standard InChI is InChI=1S/C15H14INO/c16-12-7-5-11(6-8-12)9-17-14-10-18-15-4-2-1-3-13(14)15/h1-8,14,17H,9-10H2. The third kappa shape index (κ3) is 2.52. The van der Waals surface area contributed by atoms with E-state index in [1.54, 1.807) is 0 Å². The minimum Gasteiger partial charge on any atom is -0.491 e.